The van der Waals surface area contributed by atoms with Crippen molar-refractivity contribution in [1.29, 1.82) is 5.26 Å². The van der Waals surface area contributed by atoms with Gasteiger partial charge in [-0.3, -0.25) is 9.69 Å². The van der Waals surface area contributed by atoms with Gasteiger partial charge in [-0.15, -0.1) is 0 Å². The largest absolute Gasteiger partial charge is 0.342 e. The van der Waals surface area contributed by atoms with Gasteiger partial charge in [-0.2, -0.15) is 5.26 Å². The van der Waals surface area contributed by atoms with Gasteiger partial charge in [0.2, 0.25) is 5.91 Å². The highest BCUT2D eigenvalue weighted by atomic mass is 16.2. The van der Waals surface area contributed by atoms with Crippen LogP contribution in [0.3, 0.4) is 0 Å². The normalized spacial score (nSPS) is 19.0. The van der Waals surface area contributed by atoms with Crippen molar-refractivity contribution in [2.45, 2.75) is 39.2 Å². The molecule has 1 aliphatic rings. The highest BCUT2D eigenvalue weighted by Gasteiger charge is 2.26. The lowest BCUT2D eigenvalue weighted by Gasteiger charge is -2.36. The molecule has 1 N–H and O–H groups in total. The zero-order valence-corrected chi connectivity index (χ0v) is 12.9. The number of piperidine rings is 1. The third-order valence-corrected chi connectivity index (χ3v) is 4.33. The van der Waals surface area contributed by atoms with E-state index in [9.17, 15) is 4.79 Å². The Morgan fingerprint density at radius 1 is 1.43 bits per heavy atom. The van der Waals surface area contributed by atoms with Crippen molar-refractivity contribution in [3.8, 4) is 6.07 Å². The molecule has 21 heavy (non-hydrogen) atoms. The van der Waals surface area contributed by atoms with Crippen LogP contribution in [0, 0.1) is 25.2 Å². The fourth-order valence-electron chi connectivity index (χ4n) is 3.05. The number of benzene rings is 1. The number of nitrogens with one attached hydrogen (secondary N) is 1. The number of amides is 1. The Morgan fingerprint density at radius 3 is 3.00 bits per heavy atom. The molecule has 1 fully saturated rings. The minimum atomic E-state index is -0.0613. The highest BCUT2D eigenvalue weighted by molar-refractivity contribution is 5.78. The van der Waals surface area contributed by atoms with Crippen LogP contribution in [0.4, 0.5) is 0 Å². The van der Waals surface area contributed by atoms with Crippen molar-refractivity contribution in [3.05, 3.63) is 34.9 Å². The van der Waals surface area contributed by atoms with Crippen LogP contribution >= 0.6 is 0 Å². The Kier molecular flexibility index (Phi) is 5.35. The van der Waals surface area contributed by atoms with E-state index in [1.807, 2.05) is 6.07 Å². The van der Waals surface area contributed by atoms with Gasteiger partial charge in [-0.25, -0.2) is 0 Å². The average Bonchev–Trinajstić information content (AvgIpc) is 2.49. The monoisotopic (exact) mass is 285 g/mol. The summed E-state index contributed by atoms with van der Waals surface area (Å²) in [6.07, 6.45) is 3.43. The molecule has 1 saturated heterocycles. The lowest BCUT2D eigenvalue weighted by atomic mass is 9.90. The van der Waals surface area contributed by atoms with E-state index in [0.29, 0.717) is 12.6 Å². The molecule has 2 rings (SSSR count). The van der Waals surface area contributed by atoms with E-state index in [4.69, 9.17) is 5.26 Å². The van der Waals surface area contributed by atoms with E-state index in [0.717, 1.165) is 19.4 Å². The Bertz CT molecular complexity index is 547. The quantitative estimate of drug-likeness (QED) is 0.865. The third kappa shape index (κ3) is 3.83. The molecule has 0 spiro atoms. The summed E-state index contributed by atoms with van der Waals surface area (Å²) >= 11 is 0. The number of carbonyl (C=O) groups excluding carboxylic acids is 1. The number of nitriles is 1. The van der Waals surface area contributed by atoms with Crippen molar-refractivity contribution < 1.29 is 4.79 Å². The van der Waals surface area contributed by atoms with E-state index in [1.54, 1.807) is 0 Å². The maximum Gasteiger partial charge on any atom is 0.235 e. The molecular formula is C17H23N3O. The van der Waals surface area contributed by atoms with Crippen LogP contribution in [0.2, 0.25) is 0 Å². The summed E-state index contributed by atoms with van der Waals surface area (Å²) in [5.41, 5.74) is 3.96. The minimum Gasteiger partial charge on any atom is -0.342 e. The molecule has 4 heteroatoms. The molecule has 1 aromatic rings. The molecule has 1 amide bonds. The minimum absolute atomic E-state index is 0.0613. The summed E-state index contributed by atoms with van der Waals surface area (Å²) in [5, 5.41) is 11.2. The topological polar surface area (TPSA) is 56.1 Å². The first-order chi connectivity index (χ1) is 10.1. The molecule has 1 atom stereocenters. The van der Waals surface area contributed by atoms with E-state index in [2.05, 4.69) is 42.3 Å². The van der Waals surface area contributed by atoms with Gasteiger partial charge < -0.3 is 5.32 Å². The highest BCUT2D eigenvalue weighted by Crippen LogP contribution is 2.33. The zero-order valence-electron chi connectivity index (χ0n) is 12.9. The summed E-state index contributed by atoms with van der Waals surface area (Å²) in [6, 6.07) is 8.66. The second kappa shape index (κ2) is 7.24. The van der Waals surface area contributed by atoms with Crippen molar-refractivity contribution in [1.82, 2.24) is 10.2 Å². The van der Waals surface area contributed by atoms with E-state index >= 15 is 0 Å². The molecule has 1 aromatic carbocycles. The molecule has 0 aliphatic carbocycles. The van der Waals surface area contributed by atoms with Crippen LogP contribution in [0.5, 0.6) is 0 Å². The molecule has 1 heterocycles. The SMILES string of the molecule is Cc1cccc([C@H]2CCCCN2CC(=O)NCC#N)c1C. The zero-order chi connectivity index (χ0) is 15.2. The van der Waals surface area contributed by atoms with Crippen LogP contribution in [0.1, 0.15) is 42.0 Å². The Morgan fingerprint density at radius 2 is 2.24 bits per heavy atom. The van der Waals surface area contributed by atoms with Crippen LogP contribution in [0.25, 0.3) is 0 Å². The van der Waals surface area contributed by atoms with Gasteiger partial charge >= 0.3 is 0 Å². The van der Waals surface area contributed by atoms with Crippen molar-refractivity contribution in [2.75, 3.05) is 19.6 Å². The number of aryl methyl sites for hydroxylation is 1. The van der Waals surface area contributed by atoms with Crippen LogP contribution in [0.15, 0.2) is 18.2 Å². The third-order valence-electron chi connectivity index (χ3n) is 4.33. The Labute approximate surface area is 126 Å². The smallest absolute Gasteiger partial charge is 0.235 e. The van der Waals surface area contributed by atoms with Gasteiger partial charge in [0.05, 0.1) is 12.6 Å². The van der Waals surface area contributed by atoms with E-state index in [-0.39, 0.29) is 12.5 Å². The van der Waals surface area contributed by atoms with Crippen LogP contribution in [-0.4, -0.2) is 30.4 Å². The van der Waals surface area contributed by atoms with Crippen molar-refractivity contribution in [2.24, 2.45) is 0 Å². The van der Waals surface area contributed by atoms with Crippen molar-refractivity contribution >= 4 is 5.91 Å². The summed E-state index contributed by atoms with van der Waals surface area (Å²) < 4.78 is 0. The molecule has 1 aliphatic heterocycles. The summed E-state index contributed by atoms with van der Waals surface area (Å²) in [6.45, 7) is 5.69. The number of rotatable bonds is 4. The van der Waals surface area contributed by atoms with Gasteiger partial charge in [0, 0.05) is 6.04 Å². The van der Waals surface area contributed by atoms with Gasteiger partial charge in [-0.1, -0.05) is 24.6 Å². The van der Waals surface area contributed by atoms with Gasteiger partial charge in [0.15, 0.2) is 0 Å². The molecule has 0 saturated carbocycles. The molecular weight excluding hydrogens is 262 g/mol. The van der Waals surface area contributed by atoms with E-state index < -0.39 is 0 Å². The standard InChI is InChI=1S/C17H23N3O/c1-13-6-5-7-15(14(13)2)16-8-3-4-11-20(16)12-17(21)19-10-9-18/h5-7,16H,3-4,8,10-12H2,1-2H3,(H,19,21)/t16-/m1/s1. The molecule has 0 aromatic heterocycles. The average molecular weight is 285 g/mol. The molecule has 112 valence electrons. The maximum absolute atomic E-state index is 11.9. The van der Waals surface area contributed by atoms with Gasteiger partial charge in [-0.05, 0) is 49.9 Å². The summed E-state index contributed by atoms with van der Waals surface area (Å²) in [4.78, 5) is 14.1. The number of likely N-dealkylation sites (tertiary alicyclic amines) is 1. The Hall–Kier alpha value is -1.86. The maximum atomic E-state index is 11.9. The number of nitrogens with zero attached hydrogens (tertiary/aromatic N) is 2. The lowest BCUT2D eigenvalue weighted by Crippen LogP contribution is -2.41. The predicted octanol–water partition coefficient (Wildman–Crippen LogP) is 2.47. The van der Waals surface area contributed by atoms with E-state index in [1.165, 1.54) is 23.1 Å². The Balaban J connectivity index is 2.14. The molecule has 0 unspecified atom stereocenters. The first kappa shape index (κ1) is 15.5. The first-order valence-corrected chi connectivity index (χ1v) is 7.57. The fraction of sp³-hybridized carbons (Fsp3) is 0.529. The second-order valence-corrected chi connectivity index (χ2v) is 5.71. The summed E-state index contributed by atoms with van der Waals surface area (Å²) in [7, 11) is 0. The van der Waals surface area contributed by atoms with Crippen LogP contribution in [-0.2, 0) is 4.79 Å². The second-order valence-electron chi connectivity index (χ2n) is 5.71. The van der Waals surface area contributed by atoms with Crippen molar-refractivity contribution in [3.63, 3.8) is 0 Å². The summed E-state index contributed by atoms with van der Waals surface area (Å²) in [5.74, 6) is -0.0613. The molecule has 0 radical (unpaired) electrons. The predicted molar refractivity (Wildman–Crippen MR) is 82.7 cm³/mol. The lowest BCUT2D eigenvalue weighted by molar-refractivity contribution is -0.123. The molecule has 0 bridgehead atoms. The first-order valence-electron chi connectivity index (χ1n) is 7.57. The van der Waals surface area contributed by atoms with Gasteiger partial charge in [0.1, 0.15) is 6.54 Å². The molecule has 4 nitrogen and oxygen atoms in total. The number of hydrogen-bond donors (Lipinski definition) is 1. The number of hydrogen-bond acceptors (Lipinski definition) is 3. The fourth-order valence-corrected chi connectivity index (χ4v) is 3.05. The van der Waals surface area contributed by atoms with Gasteiger partial charge in [0.25, 0.3) is 0 Å². The number of carbonyl (C=O) groups is 1. The van der Waals surface area contributed by atoms with Crippen LogP contribution < -0.4 is 5.32 Å².